The number of halogens is 1. The summed E-state index contributed by atoms with van der Waals surface area (Å²) in [6, 6.07) is 3.76. The van der Waals surface area contributed by atoms with Crippen molar-refractivity contribution in [2.24, 2.45) is 0 Å². The zero-order chi connectivity index (χ0) is 12.4. The van der Waals surface area contributed by atoms with Gasteiger partial charge in [0, 0.05) is 25.3 Å². The molecule has 17 heavy (non-hydrogen) atoms. The van der Waals surface area contributed by atoms with Crippen LogP contribution < -0.4 is 14.8 Å². The molecule has 2 unspecified atom stereocenters. The highest BCUT2D eigenvalue weighted by Gasteiger charge is 2.18. The Labute approximate surface area is 106 Å². The molecule has 1 heterocycles. The lowest BCUT2D eigenvalue weighted by atomic mass is 10.2. The van der Waals surface area contributed by atoms with Gasteiger partial charge in [-0.05, 0) is 13.8 Å². The molecule has 0 aliphatic carbocycles. The van der Waals surface area contributed by atoms with Crippen molar-refractivity contribution >= 4 is 17.3 Å². The van der Waals surface area contributed by atoms with E-state index < -0.39 is 0 Å². The molecule has 2 atom stereocenters. The summed E-state index contributed by atoms with van der Waals surface area (Å²) in [6.07, 6.45) is 0.0940. The van der Waals surface area contributed by atoms with Crippen LogP contribution in [0.1, 0.15) is 13.8 Å². The van der Waals surface area contributed by atoms with Crippen molar-refractivity contribution in [1.82, 2.24) is 0 Å². The van der Waals surface area contributed by atoms with E-state index in [0.717, 1.165) is 5.69 Å². The second-order valence-corrected chi connectivity index (χ2v) is 4.47. The lowest BCUT2D eigenvalue weighted by molar-refractivity contribution is 0.106. The molecule has 0 radical (unpaired) electrons. The summed E-state index contributed by atoms with van der Waals surface area (Å²) in [5, 5.41) is 3.91. The maximum Gasteiger partial charge on any atom is 0.231 e. The number of fused-ring (bicyclic) bond motifs is 1. The van der Waals surface area contributed by atoms with E-state index in [-0.39, 0.29) is 18.9 Å². The van der Waals surface area contributed by atoms with Gasteiger partial charge in [-0.3, -0.25) is 0 Å². The van der Waals surface area contributed by atoms with Crippen LogP contribution in [0.25, 0.3) is 0 Å². The van der Waals surface area contributed by atoms with E-state index in [1.54, 1.807) is 13.2 Å². The minimum atomic E-state index is 0.0940. The summed E-state index contributed by atoms with van der Waals surface area (Å²) in [5.41, 5.74) is 0.826. The molecule has 0 saturated carbocycles. The van der Waals surface area contributed by atoms with Crippen LogP contribution in [0.3, 0.4) is 0 Å². The van der Waals surface area contributed by atoms with Crippen LogP contribution in [0.15, 0.2) is 12.1 Å². The maximum absolute atomic E-state index is 6.16. The number of anilines is 1. The van der Waals surface area contributed by atoms with E-state index in [9.17, 15) is 0 Å². The Kier molecular flexibility index (Phi) is 3.64. The van der Waals surface area contributed by atoms with Crippen molar-refractivity contribution in [3.05, 3.63) is 17.2 Å². The van der Waals surface area contributed by atoms with Crippen molar-refractivity contribution < 1.29 is 14.2 Å². The lowest BCUT2D eigenvalue weighted by Gasteiger charge is -2.21. The van der Waals surface area contributed by atoms with Crippen molar-refractivity contribution in [2.45, 2.75) is 26.0 Å². The molecule has 0 spiro atoms. The Morgan fingerprint density at radius 3 is 2.59 bits per heavy atom. The number of hydrogen-bond donors (Lipinski definition) is 1. The summed E-state index contributed by atoms with van der Waals surface area (Å²) in [5.74, 6) is 1.40. The summed E-state index contributed by atoms with van der Waals surface area (Å²) in [7, 11) is 1.68. The first kappa shape index (κ1) is 12.3. The van der Waals surface area contributed by atoms with Crippen LogP contribution in [-0.4, -0.2) is 26.0 Å². The predicted octanol–water partition coefficient (Wildman–Crippen LogP) is 2.90. The van der Waals surface area contributed by atoms with E-state index in [2.05, 4.69) is 5.32 Å². The highest BCUT2D eigenvalue weighted by molar-refractivity contribution is 6.33. The van der Waals surface area contributed by atoms with Crippen LogP contribution in [0, 0.1) is 0 Å². The molecule has 0 aromatic heterocycles. The summed E-state index contributed by atoms with van der Waals surface area (Å²) >= 11 is 6.16. The maximum atomic E-state index is 6.16. The second-order valence-electron chi connectivity index (χ2n) is 4.06. The van der Waals surface area contributed by atoms with Crippen LogP contribution in [-0.2, 0) is 4.74 Å². The predicted molar refractivity (Wildman–Crippen MR) is 67.1 cm³/mol. The topological polar surface area (TPSA) is 39.7 Å². The molecular weight excluding hydrogens is 242 g/mol. The summed E-state index contributed by atoms with van der Waals surface area (Å²) in [6.45, 7) is 4.28. The van der Waals surface area contributed by atoms with Crippen molar-refractivity contribution in [3.63, 3.8) is 0 Å². The van der Waals surface area contributed by atoms with Gasteiger partial charge in [-0.25, -0.2) is 0 Å². The summed E-state index contributed by atoms with van der Waals surface area (Å²) in [4.78, 5) is 0. The Bertz CT molecular complexity index is 411. The van der Waals surface area contributed by atoms with Gasteiger partial charge in [0.05, 0.1) is 16.8 Å². The van der Waals surface area contributed by atoms with Crippen molar-refractivity contribution in [1.29, 1.82) is 0 Å². The zero-order valence-electron chi connectivity index (χ0n) is 10.1. The molecule has 0 bridgehead atoms. The van der Waals surface area contributed by atoms with Gasteiger partial charge in [-0.2, -0.15) is 0 Å². The minimum absolute atomic E-state index is 0.0940. The molecule has 1 aromatic rings. The molecule has 1 aliphatic rings. The SMILES string of the molecule is COC(C)C(C)Nc1cc2c(cc1Cl)OCO2. The number of rotatable bonds is 4. The smallest absolute Gasteiger partial charge is 0.231 e. The quantitative estimate of drug-likeness (QED) is 0.900. The molecule has 0 fully saturated rings. The zero-order valence-corrected chi connectivity index (χ0v) is 10.9. The fraction of sp³-hybridized carbons (Fsp3) is 0.500. The molecule has 1 aromatic carbocycles. The normalized spacial score (nSPS) is 16.7. The molecule has 1 N–H and O–H groups in total. The first-order valence-electron chi connectivity index (χ1n) is 5.50. The molecule has 2 rings (SSSR count). The average Bonchev–Trinajstić information content (AvgIpc) is 2.75. The van der Waals surface area contributed by atoms with Gasteiger partial charge in [-0.1, -0.05) is 11.6 Å². The Morgan fingerprint density at radius 2 is 1.94 bits per heavy atom. The van der Waals surface area contributed by atoms with Gasteiger partial charge in [-0.15, -0.1) is 0 Å². The molecule has 4 nitrogen and oxygen atoms in total. The number of benzene rings is 1. The van der Waals surface area contributed by atoms with Gasteiger partial charge >= 0.3 is 0 Å². The first-order valence-corrected chi connectivity index (χ1v) is 5.88. The number of hydrogen-bond acceptors (Lipinski definition) is 4. The van der Waals surface area contributed by atoms with E-state index in [4.69, 9.17) is 25.8 Å². The molecule has 94 valence electrons. The van der Waals surface area contributed by atoms with E-state index in [1.807, 2.05) is 19.9 Å². The fourth-order valence-corrected chi connectivity index (χ4v) is 1.80. The Morgan fingerprint density at radius 1 is 1.29 bits per heavy atom. The molecule has 0 amide bonds. The Hall–Kier alpha value is -1.13. The third-order valence-corrected chi connectivity index (χ3v) is 3.23. The van der Waals surface area contributed by atoms with E-state index in [1.165, 1.54) is 0 Å². The van der Waals surface area contributed by atoms with Crippen LogP contribution in [0.2, 0.25) is 5.02 Å². The highest BCUT2D eigenvalue weighted by Crippen LogP contribution is 2.39. The molecular formula is C12H16ClNO3. The second kappa shape index (κ2) is 5.02. The first-order chi connectivity index (χ1) is 8.11. The molecule has 0 saturated heterocycles. The minimum Gasteiger partial charge on any atom is -0.454 e. The Balaban J connectivity index is 2.16. The highest BCUT2D eigenvalue weighted by atomic mass is 35.5. The van der Waals surface area contributed by atoms with Crippen LogP contribution >= 0.6 is 11.6 Å². The summed E-state index contributed by atoms with van der Waals surface area (Å²) < 4.78 is 15.8. The number of nitrogens with one attached hydrogen (secondary N) is 1. The van der Waals surface area contributed by atoms with Crippen LogP contribution in [0.4, 0.5) is 5.69 Å². The standard InChI is InChI=1S/C12H16ClNO3/c1-7(8(2)15-3)14-10-5-12-11(4-9(10)13)16-6-17-12/h4-5,7-8,14H,6H2,1-3H3. The largest absolute Gasteiger partial charge is 0.454 e. The van der Waals surface area contributed by atoms with Gasteiger partial charge in [0.2, 0.25) is 6.79 Å². The number of ether oxygens (including phenoxy) is 3. The van der Waals surface area contributed by atoms with Gasteiger partial charge in [0.1, 0.15) is 0 Å². The molecule has 5 heteroatoms. The van der Waals surface area contributed by atoms with E-state index in [0.29, 0.717) is 16.5 Å². The third kappa shape index (κ3) is 2.58. The van der Waals surface area contributed by atoms with Crippen LogP contribution in [0.5, 0.6) is 11.5 Å². The number of methoxy groups -OCH3 is 1. The average molecular weight is 258 g/mol. The van der Waals surface area contributed by atoms with Gasteiger partial charge < -0.3 is 19.5 Å². The lowest BCUT2D eigenvalue weighted by Crippen LogP contribution is -2.29. The monoisotopic (exact) mass is 257 g/mol. The fourth-order valence-electron chi connectivity index (χ4n) is 1.59. The van der Waals surface area contributed by atoms with Crippen molar-refractivity contribution in [2.75, 3.05) is 19.2 Å². The van der Waals surface area contributed by atoms with Gasteiger partial charge in [0.25, 0.3) is 0 Å². The van der Waals surface area contributed by atoms with Crippen molar-refractivity contribution in [3.8, 4) is 11.5 Å². The van der Waals surface area contributed by atoms with E-state index >= 15 is 0 Å². The van der Waals surface area contributed by atoms with Gasteiger partial charge in [0.15, 0.2) is 11.5 Å². The third-order valence-electron chi connectivity index (χ3n) is 2.92. The molecule has 1 aliphatic heterocycles.